The molecule has 2 aromatic rings. The van der Waals surface area contributed by atoms with Gasteiger partial charge in [-0.15, -0.1) is 0 Å². The standard InChI is InChI=1S/C16H17NO2/c1-11-9-14(11)16(18)17-10-12-5-2-3-6-13(12)15-7-4-8-19-15/h2-8,11,14H,9-10H2,1H3,(H,17,18)/t11-,14-/m1/s1. The van der Waals surface area contributed by atoms with E-state index in [2.05, 4.69) is 12.2 Å². The molecule has 3 nitrogen and oxygen atoms in total. The van der Waals surface area contributed by atoms with Crippen LogP contribution in [0.1, 0.15) is 18.9 Å². The van der Waals surface area contributed by atoms with Crippen LogP contribution in [0.3, 0.4) is 0 Å². The molecule has 3 heteroatoms. The summed E-state index contributed by atoms with van der Waals surface area (Å²) in [6.45, 7) is 2.67. The first kappa shape index (κ1) is 12.0. The van der Waals surface area contributed by atoms with E-state index in [9.17, 15) is 4.79 Å². The summed E-state index contributed by atoms with van der Waals surface area (Å²) >= 11 is 0. The van der Waals surface area contributed by atoms with Crippen LogP contribution >= 0.6 is 0 Å². The predicted molar refractivity (Wildman–Crippen MR) is 73.3 cm³/mol. The van der Waals surface area contributed by atoms with Crippen molar-refractivity contribution in [1.82, 2.24) is 5.32 Å². The maximum absolute atomic E-state index is 11.9. The monoisotopic (exact) mass is 255 g/mol. The number of benzene rings is 1. The van der Waals surface area contributed by atoms with Gasteiger partial charge in [0.2, 0.25) is 5.91 Å². The number of carbonyl (C=O) groups is 1. The Labute approximate surface area is 112 Å². The van der Waals surface area contributed by atoms with Crippen LogP contribution in [-0.2, 0) is 11.3 Å². The minimum atomic E-state index is 0.168. The number of hydrogen-bond acceptors (Lipinski definition) is 2. The van der Waals surface area contributed by atoms with Crippen molar-refractivity contribution in [2.24, 2.45) is 11.8 Å². The lowest BCUT2D eigenvalue weighted by atomic mass is 10.1. The van der Waals surface area contributed by atoms with Crippen LogP contribution in [-0.4, -0.2) is 5.91 Å². The normalized spacial score (nSPS) is 21.1. The highest BCUT2D eigenvalue weighted by molar-refractivity contribution is 5.81. The van der Waals surface area contributed by atoms with Gasteiger partial charge in [-0.25, -0.2) is 0 Å². The van der Waals surface area contributed by atoms with E-state index in [1.165, 1.54) is 0 Å². The van der Waals surface area contributed by atoms with Crippen molar-refractivity contribution >= 4 is 5.91 Å². The summed E-state index contributed by atoms with van der Waals surface area (Å²) in [6, 6.07) is 11.8. The highest BCUT2D eigenvalue weighted by atomic mass is 16.3. The van der Waals surface area contributed by atoms with Gasteiger partial charge >= 0.3 is 0 Å². The molecule has 1 heterocycles. The highest BCUT2D eigenvalue weighted by Gasteiger charge is 2.38. The number of nitrogens with one attached hydrogen (secondary N) is 1. The van der Waals surface area contributed by atoms with Gasteiger partial charge in [0.1, 0.15) is 5.76 Å². The van der Waals surface area contributed by atoms with Gasteiger partial charge in [0.05, 0.1) is 6.26 Å². The van der Waals surface area contributed by atoms with Crippen molar-refractivity contribution in [2.45, 2.75) is 19.9 Å². The fraction of sp³-hybridized carbons (Fsp3) is 0.312. The molecule has 1 saturated carbocycles. The van der Waals surface area contributed by atoms with E-state index in [-0.39, 0.29) is 11.8 Å². The van der Waals surface area contributed by atoms with Gasteiger partial charge in [0.25, 0.3) is 0 Å². The van der Waals surface area contributed by atoms with Gasteiger partial charge in [-0.3, -0.25) is 4.79 Å². The van der Waals surface area contributed by atoms with Crippen molar-refractivity contribution in [3.05, 3.63) is 48.2 Å². The molecule has 0 bridgehead atoms. The van der Waals surface area contributed by atoms with Crippen LogP contribution < -0.4 is 5.32 Å². The smallest absolute Gasteiger partial charge is 0.223 e. The molecule has 1 aromatic heterocycles. The van der Waals surface area contributed by atoms with Crippen LogP contribution in [0.15, 0.2) is 47.1 Å². The zero-order chi connectivity index (χ0) is 13.2. The predicted octanol–water partition coefficient (Wildman–Crippen LogP) is 3.22. The third kappa shape index (κ3) is 2.55. The van der Waals surface area contributed by atoms with Crippen molar-refractivity contribution in [1.29, 1.82) is 0 Å². The number of amides is 1. The lowest BCUT2D eigenvalue weighted by molar-refractivity contribution is -0.122. The van der Waals surface area contributed by atoms with Crippen LogP contribution in [0.4, 0.5) is 0 Å². The molecule has 0 unspecified atom stereocenters. The number of rotatable bonds is 4. The van der Waals surface area contributed by atoms with E-state index in [0.29, 0.717) is 12.5 Å². The molecule has 98 valence electrons. The summed E-state index contributed by atoms with van der Waals surface area (Å²) in [6.07, 6.45) is 2.68. The van der Waals surface area contributed by atoms with Crippen LogP contribution in [0.25, 0.3) is 11.3 Å². The summed E-state index contributed by atoms with van der Waals surface area (Å²) in [4.78, 5) is 11.9. The summed E-state index contributed by atoms with van der Waals surface area (Å²) in [7, 11) is 0. The second kappa shape index (κ2) is 4.92. The van der Waals surface area contributed by atoms with E-state index in [1.807, 2.05) is 36.4 Å². The van der Waals surface area contributed by atoms with Crippen molar-refractivity contribution in [3.8, 4) is 11.3 Å². The van der Waals surface area contributed by atoms with E-state index in [4.69, 9.17) is 4.42 Å². The topological polar surface area (TPSA) is 42.2 Å². The Morgan fingerprint density at radius 1 is 1.32 bits per heavy atom. The Morgan fingerprint density at radius 3 is 2.79 bits per heavy atom. The first-order valence-corrected chi connectivity index (χ1v) is 6.65. The Balaban J connectivity index is 1.72. The average Bonchev–Trinajstić information content (AvgIpc) is 2.94. The quantitative estimate of drug-likeness (QED) is 0.911. The SMILES string of the molecule is C[C@@H]1C[C@H]1C(=O)NCc1ccccc1-c1ccco1. The Morgan fingerprint density at radius 2 is 2.11 bits per heavy atom. The number of hydrogen-bond donors (Lipinski definition) is 1. The average molecular weight is 255 g/mol. The molecule has 1 N–H and O–H groups in total. The molecule has 0 radical (unpaired) electrons. The van der Waals surface area contributed by atoms with Crippen LogP contribution in [0.2, 0.25) is 0 Å². The largest absolute Gasteiger partial charge is 0.464 e. The van der Waals surface area contributed by atoms with Crippen molar-refractivity contribution in [3.63, 3.8) is 0 Å². The molecule has 1 aliphatic carbocycles. The molecule has 1 aliphatic rings. The zero-order valence-electron chi connectivity index (χ0n) is 10.9. The summed E-state index contributed by atoms with van der Waals surface area (Å²) in [5.41, 5.74) is 2.12. The first-order chi connectivity index (χ1) is 9.25. The molecular formula is C16H17NO2. The molecule has 1 amide bonds. The lowest BCUT2D eigenvalue weighted by Gasteiger charge is -2.09. The minimum absolute atomic E-state index is 0.168. The maximum Gasteiger partial charge on any atom is 0.223 e. The second-order valence-corrected chi connectivity index (χ2v) is 5.17. The van der Waals surface area contributed by atoms with E-state index in [0.717, 1.165) is 23.3 Å². The molecule has 0 aliphatic heterocycles. The van der Waals surface area contributed by atoms with Gasteiger partial charge in [-0.1, -0.05) is 31.2 Å². The molecule has 1 fully saturated rings. The first-order valence-electron chi connectivity index (χ1n) is 6.65. The highest BCUT2D eigenvalue weighted by Crippen LogP contribution is 2.37. The summed E-state index contributed by atoms with van der Waals surface area (Å²) in [5, 5.41) is 3.01. The third-order valence-electron chi connectivity index (χ3n) is 3.70. The van der Waals surface area contributed by atoms with Gasteiger partial charge in [-0.05, 0) is 30.0 Å². The van der Waals surface area contributed by atoms with E-state index >= 15 is 0 Å². The maximum atomic E-state index is 11.9. The Hall–Kier alpha value is -2.03. The van der Waals surface area contributed by atoms with Gasteiger partial charge in [0, 0.05) is 18.0 Å². The second-order valence-electron chi connectivity index (χ2n) is 5.17. The Kier molecular flexibility index (Phi) is 3.11. The van der Waals surface area contributed by atoms with Crippen LogP contribution in [0, 0.1) is 11.8 Å². The van der Waals surface area contributed by atoms with Crippen LogP contribution in [0.5, 0.6) is 0 Å². The molecule has 19 heavy (non-hydrogen) atoms. The molecule has 0 spiro atoms. The lowest BCUT2D eigenvalue weighted by Crippen LogP contribution is -2.25. The van der Waals surface area contributed by atoms with Crippen molar-refractivity contribution in [2.75, 3.05) is 0 Å². The molecular weight excluding hydrogens is 238 g/mol. The van der Waals surface area contributed by atoms with Crippen molar-refractivity contribution < 1.29 is 9.21 Å². The third-order valence-corrected chi connectivity index (χ3v) is 3.70. The zero-order valence-corrected chi connectivity index (χ0v) is 10.9. The molecule has 1 aromatic carbocycles. The number of carbonyl (C=O) groups excluding carboxylic acids is 1. The minimum Gasteiger partial charge on any atom is -0.464 e. The summed E-state index contributed by atoms with van der Waals surface area (Å²) in [5.74, 6) is 1.77. The fourth-order valence-corrected chi connectivity index (χ4v) is 2.35. The number of furan rings is 1. The Bertz CT molecular complexity index is 574. The molecule has 2 atom stereocenters. The van der Waals surface area contributed by atoms with E-state index in [1.54, 1.807) is 6.26 Å². The molecule has 0 saturated heterocycles. The van der Waals surface area contributed by atoms with Gasteiger partial charge in [-0.2, -0.15) is 0 Å². The molecule has 3 rings (SSSR count). The van der Waals surface area contributed by atoms with E-state index < -0.39 is 0 Å². The fourth-order valence-electron chi connectivity index (χ4n) is 2.35. The van der Waals surface area contributed by atoms with Gasteiger partial charge < -0.3 is 9.73 Å². The van der Waals surface area contributed by atoms with Gasteiger partial charge in [0.15, 0.2) is 0 Å². The summed E-state index contributed by atoms with van der Waals surface area (Å²) < 4.78 is 5.43.